The molecule has 3 aromatic rings. The number of fused-ring (bicyclic) bond motifs is 3. The Morgan fingerprint density at radius 2 is 1.43 bits per heavy atom. The third-order valence-corrected chi connectivity index (χ3v) is 4.97. The van der Waals surface area contributed by atoms with Crippen molar-refractivity contribution in [2.45, 2.75) is 20.0 Å². The number of hydrogen-bond donors (Lipinski definition) is 0. The van der Waals surface area contributed by atoms with E-state index >= 15 is 0 Å². The highest BCUT2D eigenvalue weighted by molar-refractivity contribution is 6.01. The SMILES string of the molecule is CCOC(=NC(=O)c1c(F)cccc1F)N1Cc2ccccc2-c2ccccc2C1. The van der Waals surface area contributed by atoms with Gasteiger partial charge in [-0.25, -0.2) is 8.78 Å². The summed E-state index contributed by atoms with van der Waals surface area (Å²) in [4.78, 5) is 18.4. The number of benzene rings is 3. The van der Waals surface area contributed by atoms with Crippen LogP contribution in [0.5, 0.6) is 0 Å². The molecule has 152 valence electrons. The van der Waals surface area contributed by atoms with Crippen LogP contribution in [0.2, 0.25) is 0 Å². The Balaban J connectivity index is 1.77. The molecule has 4 rings (SSSR count). The molecule has 0 atom stereocenters. The summed E-state index contributed by atoms with van der Waals surface area (Å²) in [6.07, 6.45) is 0. The van der Waals surface area contributed by atoms with Gasteiger partial charge in [0.05, 0.1) is 6.61 Å². The first-order chi connectivity index (χ1) is 14.6. The Hall–Kier alpha value is -3.54. The van der Waals surface area contributed by atoms with Crippen molar-refractivity contribution in [2.24, 2.45) is 4.99 Å². The molecule has 3 aromatic carbocycles. The van der Waals surface area contributed by atoms with Gasteiger partial charge in [-0.15, -0.1) is 0 Å². The van der Waals surface area contributed by atoms with Crippen LogP contribution in [0.4, 0.5) is 8.78 Å². The van der Waals surface area contributed by atoms with Crippen molar-refractivity contribution in [3.8, 4) is 11.1 Å². The number of halogens is 2. The molecule has 1 aliphatic heterocycles. The zero-order valence-corrected chi connectivity index (χ0v) is 16.4. The molecule has 0 saturated heterocycles. The largest absolute Gasteiger partial charge is 0.465 e. The van der Waals surface area contributed by atoms with Crippen LogP contribution in [0, 0.1) is 11.6 Å². The molecule has 0 bridgehead atoms. The number of amides is 1. The maximum absolute atomic E-state index is 14.1. The summed E-state index contributed by atoms with van der Waals surface area (Å²) in [7, 11) is 0. The lowest BCUT2D eigenvalue weighted by Gasteiger charge is -2.24. The van der Waals surface area contributed by atoms with E-state index in [0.717, 1.165) is 34.4 Å². The predicted octanol–water partition coefficient (Wildman–Crippen LogP) is 5.18. The summed E-state index contributed by atoms with van der Waals surface area (Å²) >= 11 is 0. The van der Waals surface area contributed by atoms with Gasteiger partial charge in [-0.1, -0.05) is 54.6 Å². The third kappa shape index (κ3) is 3.81. The normalized spacial score (nSPS) is 13.3. The number of hydrogen-bond acceptors (Lipinski definition) is 2. The van der Waals surface area contributed by atoms with Crippen LogP contribution in [-0.2, 0) is 17.8 Å². The Bertz CT molecular complexity index is 1060. The monoisotopic (exact) mass is 406 g/mol. The molecule has 0 spiro atoms. The fraction of sp³-hybridized carbons (Fsp3) is 0.167. The Morgan fingerprint density at radius 1 is 0.900 bits per heavy atom. The van der Waals surface area contributed by atoms with E-state index in [1.165, 1.54) is 6.07 Å². The molecule has 1 amide bonds. The van der Waals surface area contributed by atoms with Gasteiger partial charge in [0, 0.05) is 13.1 Å². The quantitative estimate of drug-likeness (QED) is 0.435. The van der Waals surface area contributed by atoms with Crippen LogP contribution in [0.3, 0.4) is 0 Å². The van der Waals surface area contributed by atoms with E-state index in [4.69, 9.17) is 4.74 Å². The van der Waals surface area contributed by atoms with Crippen molar-refractivity contribution in [3.63, 3.8) is 0 Å². The number of carbonyl (C=O) groups excluding carboxylic acids is 1. The molecular formula is C24H20F2N2O2. The first-order valence-corrected chi connectivity index (χ1v) is 9.69. The van der Waals surface area contributed by atoms with E-state index in [9.17, 15) is 13.6 Å². The summed E-state index contributed by atoms with van der Waals surface area (Å²) < 4.78 is 33.8. The molecule has 0 aromatic heterocycles. The van der Waals surface area contributed by atoms with Crippen LogP contribution in [0.1, 0.15) is 28.4 Å². The van der Waals surface area contributed by atoms with E-state index in [2.05, 4.69) is 17.1 Å². The van der Waals surface area contributed by atoms with Crippen LogP contribution >= 0.6 is 0 Å². The van der Waals surface area contributed by atoms with Gasteiger partial charge < -0.3 is 9.64 Å². The Morgan fingerprint density at radius 3 is 1.97 bits per heavy atom. The van der Waals surface area contributed by atoms with E-state index in [1.54, 1.807) is 6.92 Å². The second-order valence-electron chi connectivity index (χ2n) is 6.90. The van der Waals surface area contributed by atoms with Gasteiger partial charge in [0.1, 0.15) is 17.2 Å². The summed E-state index contributed by atoms with van der Waals surface area (Å²) in [6.45, 7) is 2.91. The van der Waals surface area contributed by atoms with Crippen molar-refractivity contribution in [1.29, 1.82) is 0 Å². The highest BCUT2D eigenvalue weighted by atomic mass is 19.1. The average molecular weight is 406 g/mol. The number of carbonyl (C=O) groups is 1. The van der Waals surface area contributed by atoms with E-state index < -0.39 is 23.1 Å². The smallest absolute Gasteiger partial charge is 0.296 e. The van der Waals surface area contributed by atoms with Gasteiger partial charge in [0.25, 0.3) is 11.9 Å². The summed E-state index contributed by atoms with van der Waals surface area (Å²) in [6, 6.07) is 19.3. The summed E-state index contributed by atoms with van der Waals surface area (Å²) in [5.74, 6) is -2.92. The van der Waals surface area contributed by atoms with Crippen LogP contribution < -0.4 is 0 Å². The maximum Gasteiger partial charge on any atom is 0.296 e. The zero-order valence-electron chi connectivity index (χ0n) is 16.4. The van der Waals surface area contributed by atoms with E-state index in [-0.39, 0.29) is 12.6 Å². The molecule has 1 aliphatic rings. The third-order valence-electron chi connectivity index (χ3n) is 4.97. The fourth-order valence-electron chi connectivity index (χ4n) is 3.61. The van der Waals surface area contributed by atoms with Gasteiger partial charge in [0.2, 0.25) is 0 Å². The number of amidine groups is 1. The molecule has 30 heavy (non-hydrogen) atoms. The van der Waals surface area contributed by atoms with E-state index in [0.29, 0.717) is 13.1 Å². The van der Waals surface area contributed by atoms with Gasteiger partial charge in [-0.3, -0.25) is 4.79 Å². The van der Waals surface area contributed by atoms with Crippen LogP contribution in [0.25, 0.3) is 11.1 Å². The van der Waals surface area contributed by atoms with Crippen LogP contribution in [0.15, 0.2) is 71.7 Å². The number of ether oxygens (including phenoxy) is 1. The highest BCUT2D eigenvalue weighted by Gasteiger charge is 2.24. The molecule has 0 fully saturated rings. The minimum Gasteiger partial charge on any atom is -0.465 e. The lowest BCUT2D eigenvalue weighted by Crippen LogP contribution is -2.32. The maximum atomic E-state index is 14.1. The van der Waals surface area contributed by atoms with Crippen molar-refractivity contribution < 1.29 is 18.3 Å². The second-order valence-corrected chi connectivity index (χ2v) is 6.90. The van der Waals surface area contributed by atoms with Crippen molar-refractivity contribution >= 4 is 11.9 Å². The second kappa shape index (κ2) is 8.45. The summed E-state index contributed by atoms with van der Waals surface area (Å²) in [5, 5.41) is 0. The molecular weight excluding hydrogens is 386 g/mol. The predicted molar refractivity (Wildman–Crippen MR) is 111 cm³/mol. The Kier molecular flexibility index (Phi) is 5.57. The van der Waals surface area contributed by atoms with Gasteiger partial charge >= 0.3 is 0 Å². The molecule has 0 unspecified atom stereocenters. The van der Waals surface area contributed by atoms with Crippen molar-refractivity contribution in [1.82, 2.24) is 4.90 Å². The average Bonchev–Trinajstić information content (AvgIpc) is 2.90. The molecule has 0 aliphatic carbocycles. The topological polar surface area (TPSA) is 41.9 Å². The molecule has 4 nitrogen and oxygen atoms in total. The number of nitrogens with zero attached hydrogens (tertiary/aromatic N) is 2. The Labute approximate surface area is 173 Å². The van der Waals surface area contributed by atoms with Crippen LogP contribution in [-0.4, -0.2) is 23.4 Å². The number of rotatable bonds is 2. The van der Waals surface area contributed by atoms with Gasteiger partial charge in [0.15, 0.2) is 0 Å². The molecule has 6 heteroatoms. The lowest BCUT2D eigenvalue weighted by atomic mass is 9.97. The lowest BCUT2D eigenvalue weighted by molar-refractivity contribution is 0.0985. The standard InChI is InChI=1S/C24H20F2N2O2/c1-2-30-24(27-23(29)22-20(25)12-7-13-21(22)26)28-14-16-8-3-5-10-18(16)19-11-6-4-9-17(19)15-28/h3-13H,2,14-15H2,1H3. The minimum absolute atomic E-state index is 0.0386. The van der Waals surface area contributed by atoms with Gasteiger partial charge in [-0.05, 0) is 41.3 Å². The van der Waals surface area contributed by atoms with Crippen molar-refractivity contribution in [2.75, 3.05) is 6.61 Å². The first-order valence-electron chi connectivity index (χ1n) is 9.69. The first kappa shape index (κ1) is 19.8. The summed E-state index contributed by atoms with van der Waals surface area (Å²) in [5.41, 5.74) is 3.58. The molecule has 0 N–H and O–H groups in total. The molecule has 1 heterocycles. The molecule has 0 radical (unpaired) electrons. The fourth-order valence-corrected chi connectivity index (χ4v) is 3.61. The molecule has 0 saturated carbocycles. The number of aliphatic imine (C=N–C) groups is 1. The van der Waals surface area contributed by atoms with E-state index in [1.807, 2.05) is 41.3 Å². The zero-order chi connectivity index (χ0) is 21.1. The van der Waals surface area contributed by atoms with Crippen molar-refractivity contribution in [3.05, 3.63) is 95.1 Å². The van der Waals surface area contributed by atoms with Gasteiger partial charge in [-0.2, -0.15) is 4.99 Å². The highest BCUT2D eigenvalue weighted by Crippen LogP contribution is 2.32. The minimum atomic E-state index is -1.01.